The fourth-order valence-corrected chi connectivity index (χ4v) is 4.38. The fourth-order valence-electron chi connectivity index (χ4n) is 4.38. The summed E-state index contributed by atoms with van der Waals surface area (Å²) in [6.07, 6.45) is -1.03. The van der Waals surface area contributed by atoms with Crippen molar-refractivity contribution in [2.75, 3.05) is 33.3 Å². The van der Waals surface area contributed by atoms with Crippen molar-refractivity contribution in [3.05, 3.63) is 101 Å². The number of methoxy groups -OCH3 is 1. The van der Waals surface area contributed by atoms with Crippen LogP contribution < -0.4 is 9.47 Å². The van der Waals surface area contributed by atoms with Crippen molar-refractivity contribution in [1.29, 1.82) is 0 Å². The summed E-state index contributed by atoms with van der Waals surface area (Å²) in [7, 11) is 1.61. The van der Waals surface area contributed by atoms with Gasteiger partial charge in [-0.3, -0.25) is 9.69 Å². The van der Waals surface area contributed by atoms with Crippen LogP contribution in [0.4, 0.5) is 13.2 Å². The van der Waals surface area contributed by atoms with E-state index in [-0.39, 0.29) is 5.91 Å². The Morgan fingerprint density at radius 3 is 2.45 bits per heavy atom. The summed E-state index contributed by atoms with van der Waals surface area (Å²) in [5.74, 6) is 1.38. The first kappa shape index (κ1) is 27.3. The Hall–Kier alpha value is -3.78. The molecule has 3 aromatic carbocycles. The van der Waals surface area contributed by atoms with Crippen molar-refractivity contribution >= 4 is 12.0 Å². The topological polar surface area (TPSA) is 42.0 Å². The Balaban J connectivity index is 1.31. The molecule has 1 saturated heterocycles. The van der Waals surface area contributed by atoms with Crippen LogP contribution in [0, 0.1) is 6.92 Å². The summed E-state index contributed by atoms with van der Waals surface area (Å²) >= 11 is 0. The number of hydrogen-bond acceptors (Lipinski definition) is 4. The summed E-state index contributed by atoms with van der Waals surface area (Å²) in [4.78, 5) is 16.6. The Labute approximate surface area is 221 Å². The molecule has 1 fully saturated rings. The van der Waals surface area contributed by atoms with Gasteiger partial charge in [-0.25, -0.2) is 0 Å². The summed E-state index contributed by atoms with van der Waals surface area (Å²) in [5, 5.41) is 0. The molecule has 0 bridgehead atoms. The third kappa shape index (κ3) is 7.38. The number of carbonyl (C=O) groups is 1. The lowest BCUT2D eigenvalue weighted by atomic mass is 10.1. The SMILES string of the molecule is COc1ccc(/C=C/C(=O)N2CCN(Cc3cccc(C(F)(F)F)c3)CC2)cc1COc1cccc(C)c1. The van der Waals surface area contributed by atoms with Crippen LogP contribution in [0.2, 0.25) is 0 Å². The predicted molar refractivity (Wildman–Crippen MR) is 141 cm³/mol. The van der Waals surface area contributed by atoms with Crippen LogP contribution in [-0.2, 0) is 24.1 Å². The number of aryl methyl sites for hydroxylation is 1. The smallest absolute Gasteiger partial charge is 0.416 e. The van der Waals surface area contributed by atoms with Crippen LogP contribution in [0.1, 0.15) is 27.8 Å². The van der Waals surface area contributed by atoms with E-state index in [1.807, 2.05) is 49.4 Å². The van der Waals surface area contributed by atoms with Gasteiger partial charge in [-0.05, 0) is 60.0 Å². The molecule has 1 aliphatic rings. The number of amides is 1. The lowest BCUT2D eigenvalue weighted by molar-refractivity contribution is -0.137. The Morgan fingerprint density at radius 1 is 0.974 bits per heavy atom. The standard InChI is InChI=1S/C30H31F3N2O3/c1-22-5-3-8-27(17-22)38-21-25-18-23(9-11-28(25)37-2)10-12-29(36)35-15-13-34(14-16-35)20-24-6-4-7-26(19-24)30(31,32)33/h3-12,17-19H,13-16,20-21H2,1-2H3/b12-10+. The van der Waals surface area contributed by atoms with Gasteiger partial charge in [0.15, 0.2) is 0 Å². The van der Waals surface area contributed by atoms with Gasteiger partial charge in [0, 0.05) is 44.4 Å². The summed E-state index contributed by atoms with van der Waals surface area (Å²) in [6.45, 7) is 4.97. The van der Waals surface area contributed by atoms with Gasteiger partial charge in [-0.1, -0.05) is 36.4 Å². The highest BCUT2D eigenvalue weighted by Gasteiger charge is 2.30. The molecule has 0 N–H and O–H groups in total. The second-order valence-corrected chi connectivity index (χ2v) is 9.31. The number of halogens is 3. The van der Waals surface area contributed by atoms with Gasteiger partial charge in [0.25, 0.3) is 0 Å². The first-order valence-electron chi connectivity index (χ1n) is 12.4. The van der Waals surface area contributed by atoms with Crippen LogP contribution in [-0.4, -0.2) is 49.0 Å². The second-order valence-electron chi connectivity index (χ2n) is 9.31. The number of piperazine rings is 1. The normalized spacial score (nSPS) is 14.6. The molecule has 0 radical (unpaired) electrons. The van der Waals surface area contributed by atoms with Crippen LogP contribution in [0.3, 0.4) is 0 Å². The van der Waals surface area contributed by atoms with Crippen molar-refractivity contribution in [3.8, 4) is 11.5 Å². The van der Waals surface area contributed by atoms with Gasteiger partial charge < -0.3 is 14.4 Å². The van der Waals surface area contributed by atoms with Gasteiger partial charge in [-0.15, -0.1) is 0 Å². The molecule has 0 unspecified atom stereocenters. The predicted octanol–water partition coefficient (Wildman–Crippen LogP) is 5.96. The minimum absolute atomic E-state index is 0.0999. The van der Waals surface area contributed by atoms with Crippen LogP contribution in [0.25, 0.3) is 6.08 Å². The van der Waals surface area contributed by atoms with E-state index in [9.17, 15) is 18.0 Å². The first-order valence-corrected chi connectivity index (χ1v) is 12.4. The molecule has 200 valence electrons. The third-order valence-electron chi connectivity index (χ3n) is 6.45. The molecule has 5 nitrogen and oxygen atoms in total. The summed E-state index contributed by atoms with van der Waals surface area (Å²) in [5.41, 5.74) is 2.80. The highest BCUT2D eigenvalue weighted by atomic mass is 19.4. The molecule has 0 aliphatic carbocycles. The van der Waals surface area contributed by atoms with Crippen LogP contribution >= 0.6 is 0 Å². The lowest BCUT2D eigenvalue weighted by Gasteiger charge is -2.34. The van der Waals surface area contributed by atoms with Gasteiger partial charge in [0.05, 0.1) is 12.7 Å². The van der Waals surface area contributed by atoms with Gasteiger partial charge in [0.1, 0.15) is 18.1 Å². The minimum Gasteiger partial charge on any atom is -0.496 e. The first-order chi connectivity index (χ1) is 18.2. The molecule has 4 rings (SSSR count). The molecule has 3 aromatic rings. The average molecular weight is 525 g/mol. The summed E-state index contributed by atoms with van der Waals surface area (Å²) in [6, 6.07) is 18.9. The van der Waals surface area contributed by atoms with E-state index in [4.69, 9.17) is 9.47 Å². The highest BCUT2D eigenvalue weighted by molar-refractivity contribution is 5.91. The number of ether oxygens (including phenoxy) is 2. The number of benzene rings is 3. The molecule has 8 heteroatoms. The third-order valence-corrected chi connectivity index (χ3v) is 6.45. The van der Waals surface area contributed by atoms with Gasteiger partial charge in [-0.2, -0.15) is 13.2 Å². The van der Waals surface area contributed by atoms with Crippen molar-refractivity contribution in [1.82, 2.24) is 9.80 Å². The highest BCUT2D eigenvalue weighted by Crippen LogP contribution is 2.30. The molecule has 1 aliphatic heterocycles. The van der Waals surface area contributed by atoms with E-state index in [2.05, 4.69) is 4.90 Å². The van der Waals surface area contributed by atoms with E-state index in [0.29, 0.717) is 50.6 Å². The molecule has 1 heterocycles. The average Bonchev–Trinajstić information content (AvgIpc) is 2.91. The fraction of sp³-hybridized carbons (Fsp3) is 0.300. The van der Waals surface area contributed by atoms with E-state index in [0.717, 1.165) is 28.5 Å². The molecular weight excluding hydrogens is 493 g/mol. The van der Waals surface area contributed by atoms with Gasteiger partial charge >= 0.3 is 6.18 Å². The molecule has 1 amide bonds. The Bertz CT molecular complexity index is 1280. The molecule has 38 heavy (non-hydrogen) atoms. The van der Waals surface area contributed by atoms with Crippen molar-refractivity contribution < 1.29 is 27.4 Å². The molecular formula is C30H31F3N2O3. The monoisotopic (exact) mass is 524 g/mol. The number of nitrogens with zero attached hydrogens (tertiary/aromatic N) is 2. The van der Waals surface area contributed by atoms with Crippen molar-refractivity contribution in [2.45, 2.75) is 26.3 Å². The quantitative estimate of drug-likeness (QED) is 0.341. The van der Waals surface area contributed by atoms with Crippen molar-refractivity contribution in [3.63, 3.8) is 0 Å². The second kappa shape index (κ2) is 12.2. The number of rotatable bonds is 8. The number of hydrogen-bond donors (Lipinski definition) is 0. The maximum absolute atomic E-state index is 13.0. The van der Waals surface area contributed by atoms with Gasteiger partial charge in [0.2, 0.25) is 5.91 Å². The zero-order chi connectivity index (χ0) is 27.1. The molecule has 0 spiro atoms. The molecule has 0 saturated carbocycles. The maximum atomic E-state index is 13.0. The Morgan fingerprint density at radius 2 is 1.74 bits per heavy atom. The number of carbonyl (C=O) groups excluding carboxylic acids is 1. The minimum atomic E-state index is -4.36. The zero-order valence-electron chi connectivity index (χ0n) is 21.5. The number of alkyl halides is 3. The van der Waals surface area contributed by atoms with Crippen LogP contribution in [0.15, 0.2) is 72.8 Å². The van der Waals surface area contributed by atoms with E-state index in [1.54, 1.807) is 30.2 Å². The molecule has 0 aromatic heterocycles. The lowest BCUT2D eigenvalue weighted by Crippen LogP contribution is -2.47. The van der Waals surface area contributed by atoms with Crippen molar-refractivity contribution in [2.24, 2.45) is 0 Å². The van der Waals surface area contributed by atoms with Crippen LogP contribution in [0.5, 0.6) is 11.5 Å². The Kier molecular flexibility index (Phi) is 8.73. The molecule has 0 atom stereocenters. The summed E-state index contributed by atoms with van der Waals surface area (Å²) < 4.78 is 50.4. The largest absolute Gasteiger partial charge is 0.496 e. The maximum Gasteiger partial charge on any atom is 0.416 e. The van der Waals surface area contributed by atoms with E-state index < -0.39 is 11.7 Å². The van der Waals surface area contributed by atoms with E-state index in [1.165, 1.54) is 12.1 Å². The van der Waals surface area contributed by atoms with E-state index >= 15 is 0 Å². The zero-order valence-corrected chi connectivity index (χ0v) is 21.5.